The quantitative estimate of drug-likeness (QED) is 0.549. The van der Waals surface area contributed by atoms with Crippen molar-refractivity contribution in [3.63, 3.8) is 0 Å². The average Bonchev–Trinajstić information content (AvgIpc) is 2.53. The maximum Gasteiger partial charge on any atom is 0.434 e. The van der Waals surface area contributed by atoms with Crippen LogP contribution in [0.4, 0.5) is 58.6 Å². The van der Waals surface area contributed by atoms with Crippen molar-refractivity contribution in [2.24, 2.45) is 0 Å². The van der Waals surface area contributed by atoms with Gasteiger partial charge in [0.15, 0.2) is 0 Å². The van der Waals surface area contributed by atoms with Crippen LogP contribution in [0.15, 0.2) is 0 Å². The van der Waals surface area contributed by atoms with Gasteiger partial charge in [0, 0.05) is 0 Å². The van der Waals surface area contributed by atoms with Gasteiger partial charge in [0.2, 0.25) is 5.95 Å². The van der Waals surface area contributed by atoms with Gasteiger partial charge in [-0.2, -0.15) is 62.7 Å². The number of carboxylic acid groups (broad SMARTS) is 1. The predicted molar refractivity (Wildman–Crippen MR) is 73.6 cm³/mol. The Morgan fingerprint density at radius 1 is 0.750 bits per heavy atom. The lowest BCUT2D eigenvalue weighted by molar-refractivity contribution is -0.302. The lowest BCUT2D eigenvalue weighted by atomic mass is 10.3. The van der Waals surface area contributed by atoms with E-state index in [-0.39, 0.29) is 0 Å². The highest BCUT2D eigenvalue weighted by Crippen LogP contribution is 2.38. The number of aromatic nitrogens is 3. The van der Waals surface area contributed by atoms with E-state index in [0.717, 1.165) is 6.92 Å². The van der Waals surface area contributed by atoms with Crippen molar-refractivity contribution in [3.05, 3.63) is 0 Å². The Kier molecular flexibility index (Phi) is 7.52. The van der Waals surface area contributed by atoms with Crippen molar-refractivity contribution in [3.8, 4) is 12.0 Å². The molecule has 184 valence electrons. The molecule has 0 aliphatic carbocycles. The normalized spacial score (nSPS) is 14.5. The third-order valence-electron chi connectivity index (χ3n) is 2.95. The monoisotopic (exact) mass is 500 g/mol. The predicted octanol–water partition coefficient (Wildman–Crippen LogP) is 3.50. The fraction of sp³-hybridized carbons (Fsp3) is 0.667. The van der Waals surface area contributed by atoms with Crippen LogP contribution in [-0.4, -0.2) is 69.0 Å². The van der Waals surface area contributed by atoms with Crippen LogP contribution < -0.4 is 14.8 Å². The summed E-state index contributed by atoms with van der Waals surface area (Å²) < 4.78 is 158. The zero-order chi connectivity index (χ0) is 25.3. The molecular weight excluding hydrogens is 492 g/mol. The first-order chi connectivity index (χ1) is 14.1. The maximum atomic E-state index is 12.6. The fourth-order valence-corrected chi connectivity index (χ4v) is 1.61. The summed E-state index contributed by atoms with van der Waals surface area (Å²) in [6.45, 7) is 0.801. The van der Waals surface area contributed by atoms with Crippen molar-refractivity contribution in [2.45, 2.75) is 49.9 Å². The van der Waals surface area contributed by atoms with E-state index in [1.807, 2.05) is 0 Å². The van der Waals surface area contributed by atoms with Gasteiger partial charge in [-0.3, -0.25) is 4.79 Å². The topological polar surface area (TPSA) is 106 Å². The van der Waals surface area contributed by atoms with Crippen molar-refractivity contribution in [1.82, 2.24) is 15.0 Å². The number of aliphatic carboxylic acids is 1. The highest BCUT2D eigenvalue weighted by Gasteiger charge is 2.61. The van der Waals surface area contributed by atoms with E-state index in [0.29, 0.717) is 0 Å². The van der Waals surface area contributed by atoms with Crippen LogP contribution >= 0.6 is 0 Å². The highest BCUT2D eigenvalue weighted by molar-refractivity contribution is 5.75. The van der Waals surface area contributed by atoms with E-state index < -0.39 is 66.9 Å². The Balaban J connectivity index is 3.49. The van der Waals surface area contributed by atoms with E-state index in [1.54, 1.807) is 5.32 Å². The molecule has 0 radical (unpaired) electrons. The number of hydrogen-bond donors (Lipinski definition) is 2. The molecule has 0 spiro atoms. The van der Waals surface area contributed by atoms with E-state index in [4.69, 9.17) is 5.11 Å². The molecule has 0 bridgehead atoms. The number of halogens is 12. The van der Waals surface area contributed by atoms with Crippen LogP contribution in [0.1, 0.15) is 6.92 Å². The summed E-state index contributed by atoms with van der Waals surface area (Å²) >= 11 is 0. The minimum absolute atomic E-state index is 0.801. The number of nitrogens with zero attached hydrogens (tertiary/aromatic N) is 3. The lowest BCUT2D eigenvalue weighted by Crippen LogP contribution is -2.47. The van der Waals surface area contributed by atoms with E-state index >= 15 is 0 Å². The van der Waals surface area contributed by atoms with Crippen LogP contribution in [-0.2, 0) is 4.79 Å². The summed E-state index contributed by atoms with van der Waals surface area (Å²) in [6, 6.07) is -5.92. The standard InChI is InChI=1S/C12H8F12N4O4/c1-2(3(29)30)25-6-26-7(31-4(9(13,14)15)10(16,17)18)28-8(27-6)32-5(11(19,20)21)12(22,23)24/h2,4-5H,1H3,(H,29,30)(H,25,26,27,28). The first kappa shape index (κ1) is 27.1. The average molecular weight is 500 g/mol. The molecule has 1 aromatic heterocycles. The van der Waals surface area contributed by atoms with Crippen molar-refractivity contribution >= 4 is 11.9 Å². The van der Waals surface area contributed by atoms with Gasteiger partial charge in [0.05, 0.1) is 0 Å². The second-order valence-electron chi connectivity index (χ2n) is 5.59. The molecule has 1 atom stereocenters. The molecule has 32 heavy (non-hydrogen) atoms. The zero-order valence-corrected chi connectivity index (χ0v) is 14.8. The minimum atomic E-state index is -6.17. The zero-order valence-electron chi connectivity index (χ0n) is 14.8. The fourth-order valence-electron chi connectivity index (χ4n) is 1.61. The molecule has 0 amide bonds. The first-order valence-electron chi connectivity index (χ1n) is 7.48. The van der Waals surface area contributed by atoms with Crippen LogP contribution in [0, 0.1) is 0 Å². The third kappa shape index (κ3) is 7.62. The molecule has 1 rings (SSSR count). The van der Waals surface area contributed by atoms with Crippen LogP contribution in [0.3, 0.4) is 0 Å². The van der Waals surface area contributed by atoms with Gasteiger partial charge in [0.25, 0.3) is 12.2 Å². The van der Waals surface area contributed by atoms with Crippen molar-refractivity contribution in [1.29, 1.82) is 0 Å². The van der Waals surface area contributed by atoms with Crippen LogP contribution in [0.25, 0.3) is 0 Å². The molecule has 0 aliphatic heterocycles. The summed E-state index contributed by atoms with van der Waals surface area (Å²) in [5, 5.41) is 10.4. The lowest BCUT2D eigenvalue weighted by Gasteiger charge is -2.24. The number of ether oxygens (including phenoxy) is 2. The molecule has 1 aromatic rings. The Morgan fingerprint density at radius 3 is 1.31 bits per heavy atom. The van der Waals surface area contributed by atoms with Gasteiger partial charge in [-0.1, -0.05) is 0 Å². The Labute approximate surface area is 167 Å². The summed E-state index contributed by atoms with van der Waals surface area (Å²) in [5.74, 6) is -3.10. The first-order valence-corrected chi connectivity index (χ1v) is 7.48. The van der Waals surface area contributed by atoms with Crippen LogP contribution in [0.5, 0.6) is 12.0 Å². The number of alkyl halides is 12. The minimum Gasteiger partial charge on any atom is -0.480 e. The van der Waals surface area contributed by atoms with Gasteiger partial charge in [-0.05, 0) is 6.92 Å². The molecule has 0 aliphatic rings. The third-order valence-corrected chi connectivity index (χ3v) is 2.95. The SMILES string of the molecule is CC(Nc1nc(OC(C(F)(F)F)C(F)(F)F)nc(OC(C(F)(F)F)C(F)(F)F)n1)C(=O)O. The van der Waals surface area contributed by atoms with Gasteiger partial charge in [-0.15, -0.1) is 4.98 Å². The highest BCUT2D eigenvalue weighted by atomic mass is 19.4. The molecule has 1 heterocycles. The number of rotatable bonds is 7. The molecule has 8 nitrogen and oxygen atoms in total. The molecule has 0 aromatic carbocycles. The van der Waals surface area contributed by atoms with E-state index in [9.17, 15) is 57.5 Å². The molecule has 2 N–H and O–H groups in total. The van der Waals surface area contributed by atoms with E-state index in [1.165, 1.54) is 0 Å². The number of hydrogen-bond acceptors (Lipinski definition) is 7. The molecule has 0 fully saturated rings. The molecule has 0 saturated carbocycles. The second-order valence-corrected chi connectivity index (χ2v) is 5.59. The maximum absolute atomic E-state index is 12.6. The summed E-state index contributed by atoms with van der Waals surface area (Å²) in [7, 11) is 0. The molecule has 0 saturated heterocycles. The van der Waals surface area contributed by atoms with Gasteiger partial charge in [0.1, 0.15) is 6.04 Å². The smallest absolute Gasteiger partial charge is 0.434 e. The van der Waals surface area contributed by atoms with Crippen LogP contribution in [0.2, 0.25) is 0 Å². The van der Waals surface area contributed by atoms with E-state index in [2.05, 4.69) is 24.4 Å². The van der Waals surface area contributed by atoms with Gasteiger partial charge < -0.3 is 19.9 Å². The Morgan fingerprint density at radius 2 is 1.06 bits per heavy atom. The summed E-state index contributed by atoms with van der Waals surface area (Å²) in [6.07, 6.45) is -34.0. The summed E-state index contributed by atoms with van der Waals surface area (Å²) in [5.41, 5.74) is 0. The number of nitrogens with one attached hydrogen (secondary N) is 1. The van der Waals surface area contributed by atoms with Gasteiger partial charge >= 0.3 is 42.7 Å². The number of carboxylic acids is 1. The largest absolute Gasteiger partial charge is 0.480 e. The Hall–Kier alpha value is -2.96. The summed E-state index contributed by atoms with van der Waals surface area (Å²) in [4.78, 5) is 18.8. The van der Waals surface area contributed by atoms with Gasteiger partial charge in [-0.25, -0.2) is 0 Å². The molecule has 20 heteroatoms. The second kappa shape index (κ2) is 8.88. The van der Waals surface area contributed by atoms with Crippen molar-refractivity contribution in [2.75, 3.05) is 5.32 Å². The Bertz CT molecular complexity index is 727. The molecular formula is C12H8F12N4O4. The number of anilines is 1. The van der Waals surface area contributed by atoms with Crippen molar-refractivity contribution < 1.29 is 72.1 Å². The molecule has 1 unspecified atom stereocenters. The number of carbonyl (C=O) groups is 1.